The minimum Gasteiger partial charge on any atom is -0.485 e. The summed E-state index contributed by atoms with van der Waals surface area (Å²) in [6, 6.07) is 16.9. The lowest BCUT2D eigenvalue weighted by Gasteiger charge is -2.25. The highest BCUT2D eigenvalue weighted by Gasteiger charge is 2.31. The van der Waals surface area contributed by atoms with Gasteiger partial charge in [-0.15, -0.1) is 0 Å². The summed E-state index contributed by atoms with van der Waals surface area (Å²) in [6.07, 6.45) is -1.08. The van der Waals surface area contributed by atoms with E-state index in [4.69, 9.17) is 14.2 Å². The van der Waals surface area contributed by atoms with Crippen LogP contribution in [0, 0.1) is 0 Å². The van der Waals surface area contributed by atoms with E-state index in [0.29, 0.717) is 24.5 Å². The average Bonchev–Trinajstić information content (AvgIpc) is 2.68. The van der Waals surface area contributed by atoms with Crippen LogP contribution in [0.1, 0.15) is 12.5 Å². The predicted octanol–water partition coefficient (Wildman–Crippen LogP) is 2.12. The second-order valence-electron chi connectivity index (χ2n) is 5.97. The Hall–Kier alpha value is -3.02. The molecule has 2 aromatic rings. The van der Waals surface area contributed by atoms with Gasteiger partial charge in [0.05, 0.1) is 0 Å². The normalized spacial score (nSPS) is 16.4. The van der Waals surface area contributed by atoms with Gasteiger partial charge in [0.2, 0.25) is 6.10 Å². The molecule has 2 atom stereocenters. The lowest BCUT2D eigenvalue weighted by atomic mass is 10.1. The first-order valence-electron chi connectivity index (χ1n) is 8.54. The number of ether oxygens (including phenoxy) is 3. The topological polar surface area (TPSA) is 73.9 Å². The Kier molecular flexibility index (Phi) is 5.73. The molecule has 1 aliphatic rings. The number of hydrogen-bond acceptors (Lipinski definition) is 5. The predicted molar refractivity (Wildman–Crippen MR) is 95.1 cm³/mol. The number of benzene rings is 2. The number of rotatable bonds is 6. The van der Waals surface area contributed by atoms with Crippen molar-refractivity contribution >= 4 is 11.9 Å². The maximum absolute atomic E-state index is 12.2. The van der Waals surface area contributed by atoms with Crippen molar-refractivity contribution in [1.82, 2.24) is 5.32 Å². The van der Waals surface area contributed by atoms with Crippen LogP contribution in [-0.2, 0) is 20.7 Å². The monoisotopic (exact) mass is 355 g/mol. The fourth-order valence-electron chi connectivity index (χ4n) is 2.56. The molecule has 26 heavy (non-hydrogen) atoms. The van der Waals surface area contributed by atoms with Crippen LogP contribution in [0.2, 0.25) is 0 Å². The van der Waals surface area contributed by atoms with Crippen LogP contribution >= 0.6 is 0 Å². The van der Waals surface area contributed by atoms with E-state index in [2.05, 4.69) is 5.32 Å². The molecule has 3 rings (SSSR count). The minimum atomic E-state index is -0.904. The van der Waals surface area contributed by atoms with Crippen LogP contribution in [0.4, 0.5) is 0 Å². The third-order valence-electron chi connectivity index (χ3n) is 3.99. The summed E-state index contributed by atoms with van der Waals surface area (Å²) >= 11 is 0. The molecule has 1 aliphatic heterocycles. The number of esters is 1. The van der Waals surface area contributed by atoms with E-state index >= 15 is 0 Å². The van der Waals surface area contributed by atoms with Gasteiger partial charge in [-0.3, -0.25) is 4.79 Å². The highest BCUT2D eigenvalue weighted by atomic mass is 16.6. The molecule has 1 N–H and O–H groups in total. The van der Waals surface area contributed by atoms with Crippen molar-refractivity contribution in [2.75, 3.05) is 13.2 Å². The lowest BCUT2D eigenvalue weighted by Crippen LogP contribution is -2.43. The Labute approximate surface area is 152 Å². The molecule has 6 nitrogen and oxygen atoms in total. The molecule has 0 radical (unpaired) electrons. The van der Waals surface area contributed by atoms with Gasteiger partial charge in [0.15, 0.2) is 17.6 Å². The average molecular weight is 355 g/mol. The minimum absolute atomic E-state index is 0.0538. The zero-order valence-electron chi connectivity index (χ0n) is 14.5. The Morgan fingerprint density at radius 2 is 1.81 bits per heavy atom. The van der Waals surface area contributed by atoms with E-state index < -0.39 is 18.2 Å². The van der Waals surface area contributed by atoms with E-state index in [9.17, 15) is 9.59 Å². The molecule has 1 heterocycles. The van der Waals surface area contributed by atoms with Crippen molar-refractivity contribution < 1.29 is 23.8 Å². The molecule has 136 valence electrons. The number of carbonyl (C=O) groups excluding carboxylic acids is 2. The van der Waals surface area contributed by atoms with Crippen LogP contribution in [0.3, 0.4) is 0 Å². The van der Waals surface area contributed by atoms with Gasteiger partial charge >= 0.3 is 5.97 Å². The fraction of sp³-hybridized carbons (Fsp3) is 0.300. The number of hydrogen-bond donors (Lipinski definition) is 1. The van der Waals surface area contributed by atoms with Gasteiger partial charge in [-0.2, -0.15) is 0 Å². The standard InChI is InChI=1S/C20H21NO5/c1-14(19(22)21-12-11-15-7-3-2-4-8-15)25-20(23)18-13-24-16-9-5-6-10-17(16)26-18/h2-10,14,18H,11-13H2,1H3,(H,21,22)/t14-,18-/m0/s1. The molecular formula is C20H21NO5. The van der Waals surface area contributed by atoms with E-state index in [1.807, 2.05) is 36.4 Å². The lowest BCUT2D eigenvalue weighted by molar-refractivity contribution is -0.163. The summed E-state index contributed by atoms with van der Waals surface area (Å²) in [7, 11) is 0. The highest BCUT2D eigenvalue weighted by molar-refractivity contribution is 5.84. The maximum Gasteiger partial charge on any atom is 0.351 e. The summed E-state index contributed by atoms with van der Waals surface area (Å²) in [5.74, 6) is 0.112. The van der Waals surface area contributed by atoms with Crippen molar-refractivity contribution in [3.05, 3.63) is 60.2 Å². The summed E-state index contributed by atoms with van der Waals surface area (Å²) in [5.41, 5.74) is 1.13. The summed E-state index contributed by atoms with van der Waals surface area (Å²) < 4.78 is 16.3. The second kappa shape index (κ2) is 8.38. The summed E-state index contributed by atoms with van der Waals surface area (Å²) in [4.78, 5) is 24.3. The Balaban J connectivity index is 1.44. The van der Waals surface area contributed by atoms with Crippen molar-refractivity contribution in [1.29, 1.82) is 0 Å². The third-order valence-corrected chi connectivity index (χ3v) is 3.99. The number of nitrogens with one attached hydrogen (secondary N) is 1. The van der Waals surface area contributed by atoms with Crippen LogP contribution in [0.5, 0.6) is 11.5 Å². The molecule has 2 aromatic carbocycles. The smallest absolute Gasteiger partial charge is 0.351 e. The van der Waals surface area contributed by atoms with Gasteiger partial charge in [-0.1, -0.05) is 42.5 Å². The number of fused-ring (bicyclic) bond motifs is 1. The zero-order chi connectivity index (χ0) is 18.4. The molecule has 0 saturated carbocycles. The first-order valence-corrected chi connectivity index (χ1v) is 8.54. The molecule has 0 saturated heterocycles. The SMILES string of the molecule is C[C@H](OC(=O)[C@@H]1COc2ccccc2O1)C(=O)NCCc1ccccc1. The molecule has 0 aromatic heterocycles. The molecule has 6 heteroatoms. The molecule has 0 aliphatic carbocycles. The molecule has 1 amide bonds. The van der Waals surface area contributed by atoms with Crippen LogP contribution in [-0.4, -0.2) is 37.2 Å². The van der Waals surface area contributed by atoms with Gasteiger partial charge in [0.25, 0.3) is 5.91 Å². The van der Waals surface area contributed by atoms with Crippen molar-refractivity contribution in [3.63, 3.8) is 0 Å². The number of amides is 1. The molecular weight excluding hydrogens is 334 g/mol. The van der Waals surface area contributed by atoms with Gasteiger partial charge < -0.3 is 19.5 Å². The third kappa shape index (κ3) is 4.53. The van der Waals surface area contributed by atoms with Gasteiger partial charge in [-0.05, 0) is 31.0 Å². The largest absolute Gasteiger partial charge is 0.485 e. The van der Waals surface area contributed by atoms with Crippen molar-refractivity contribution in [3.8, 4) is 11.5 Å². The Morgan fingerprint density at radius 1 is 1.12 bits per heavy atom. The first kappa shape index (κ1) is 17.8. The molecule has 0 spiro atoms. The highest BCUT2D eigenvalue weighted by Crippen LogP contribution is 2.31. The Morgan fingerprint density at radius 3 is 2.58 bits per heavy atom. The van der Waals surface area contributed by atoms with Crippen LogP contribution in [0.25, 0.3) is 0 Å². The first-order chi connectivity index (χ1) is 12.6. The van der Waals surface area contributed by atoms with Crippen LogP contribution < -0.4 is 14.8 Å². The quantitative estimate of drug-likeness (QED) is 0.804. The molecule has 0 unspecified atom stereocenters. The summed E-state index contributed by atoms with van der Waals surface area (Å²) in [5, 5.41) is 2.77. The number of para-hydroxylation sites is 2. The van der Waals surface area contributed by atoms with E-state index in [-0.39, 0.29) is 12.5 Å². The van der Waals surface area contributed by atoms with Crippen molar-refractivity contribution in [2.45, 2.75) is 25.6 Å². The fourth-order valence-corrected chi connectivity index (χ4v) is 2.56. The Bertz CT molecular complexity index is 762. The van der Waals surface area contributed by atoms with Crippen molar-refractivity contribution in [2.24, 2.45) is 0 Å². The molecule has 0 bridgehead atoms. The van der Waals surface area contributed by atoms with E-state index in [0.717, 1.165) is 5.56 Å². The van der Waals surface area contributed by atoms with Gasteiger partial charge in [0, 0.05) is 6.54 Å². The van der Waals surface area contributed by atoms with E-state index in [1.54, 1.807) is 18.2 Å². The van der Waals surface area contributed by atoms with Gasteiger partial charge in [-0.25, -0.2) is 4.79 Å². The van der Waals surface area contributed by atoms with E-state index in [1.165, 1.54) is 6.92 Å². The van der Waals surface area contributed by atoms with Gasteiger partial charge in [0.1, 0.15) is 6.61 Å². The maximum atomic E-state index is 12.2. The van der Waals surface area contributed by atoms with Crippen LogP contribution in [0.15, 0.2) is 54.6 Å². The molecule has 0 fully saturated rings. The summed E-state index contributed by atoms with van der Waals surface area (Å²) in [6.45, 7) is 2.06. The number of carbonyl (C=O) groups is 2. The zero-order valence-corrected chi connectivity index (χ0v) is 14.5. The second-order valence-corrected chi connectivity index (χ2v) is 5.97.